The van der Waals surface area contributed by atoms with Crippen molar-refractivity contribution < 1.29 is 11.0 Å². The highest BCUT2D eigenvalue weighted by molar-refractivity contribution is 6.13. The fourth-order valence-electron chi connectivity index (χ4n) is 11.0. The van der Waals surface area contributed by atoms with Crippen molar-refractivity contribution in [3.05, 3.63) is 242 Å². The summed E-state index contributed by atoms with van der Waals surface area (Å²) in [5.74, 6) is 0.334. The van der Waals surface area contributed by atoms with Gasteiger partial charge in [0.05, 0.1) is 72.2 Å². The first-order valence-corrected chi connectivity index (χ1v) is 23.2. The highest BCUT2D eigenvalue weighted by atomic mass is 15.2. The van der Waals surface area contributed by atoms with E-state index in [1.165, 1.54) is 0 Å². The van der Waals surface area contributed by atoms with E-state index in [0.717, 1.165) is 66.1 Å². The molecule has 0 amide bonds. The lowest BCUT2D eigenvalue weighted by Gasteiger charge is -2.21. The number of aromatic nitrogens is 6. The lowest BCUT2D eigenvalue weighted by Crippen LogP contribution is -2.09. The van der Waals surface area contributed by atoms with Crippen LogP contribution in [0.2, 0.25) is 0 Å². The van der Waals surface area contributed by atoms with Crippen LogP contribution in [-0.2, 0) is 0 Å². The molecule has 15 aromatic rings. The summed E-state index contributed by atoms with van der Waals surface area (Å²) < 4.78 is 81.4. The molecule has 326 valence electrons. The van der Waals surface area contributed by atoms with Crippen molar-refractivity contribution in [2.75, 3.05) is 0 Å². The summed E-state index contributed by atoms with van der Waals surface area (Å²) in [5, 5.41) is 6.14. The van der Waals surface area contributed by atoms with Crippen LogP contribution in [-0.4, -0.2) is 28.2 Å². The van der Waals surface area contributed by atoms with Crippen LogP contribution in [0.15, 0.2) is 242 Å². The Balaban J connectivity index is 1.15. The van der Waals surface area contributed by atoms with E-state index >= 15 is 0 Å². The number of para-hydroxylation sites is 9. The number of nitrogens with zero attached hydrogens (tertiary/aromatic N) is 6. The minimum absolute atomic E-state index is 0.0733. The smallest absolute Gasteiger partial charge is 0.237 e. The summed E-state index contributed by atoms with van der Waals surface area (Å²) in [6.45, 7) is 0. The van der Waals surface area contributed by atoms with Gasteiger partial charge >= 0.3 is 0 Å². The van der Waals surface area contributed by atoms with Gasteiger partial charge in [-0.3, -0.25) is 9.13 Å². The molecule has 0 saturated heterocycles. The highest BCUT2D eigenvalue weighted by Gasteiger charge is 2.26. The molecule has 0 fully saturated rings. The number of hydrogen-bond donors (Lipinski definition) is 0. The predicted molar refractivity (Wildman–Crippen MR) is 290 cm³/mol. The van der Waals surface area contributed by atoms with Crippen LogP contribution in [0.5, 0.6) is 0 Å². The topological polar surface area (TPSA) is 45.5 Å². The normalized spacial score (nSPS) is 13.6. The number of benzene rings is 10. The Hall–Kier alpha value is -9.52. The summed E-state index contributed by atoms with van der Waals surface area (Å²) >= 11 is 0. The van der Waals surface area contributed by atoms with Crippen molar-refractivity contribution in [3.8, 4) is 45.5 Å². The SMILES string of the molecule is [2H]c1c([2H])c([2H])c2c(c1[2H])c1ccccc1n2-c1cc(-c2c(-c3ccccc3-n3c4ccccc4c4ccccc43)cccc2-n2c3ccccc3c3ccccc32)nc(-n2c3ccccc3c3c([2H])c([2H])c([2H])c([2H])c32)n1. The lowest BCUT2D eigenvalue weighted by molar-refractivity contribution is 0.951. The molecule has 0 aliphatic carbocycles. The van der Waals surface area contributed by atoms with Crippen LogP contribution in [0.4, 0.5) is 0 Å². The third kappa shape index (κ3) is 5.50. The van der Waals surface area contributed by atoms with Crippen LogP contribution >= 0.6 is 0 Å². The van der Waals surface area contributed by atoms with Gasteiger partial charge in [-0.2, -0.15) is 4.98 Å². The summed E-state index contributed by atoms with van der Waals surface area (Å²) in [6.07, 6.45) is 0. The zero-order chi connectivity index (χ0) is 52.8. The van der Waals surface area contributed by atoms with E-state index in [1.54, 1.807) is 9.13 Å². The zero-order valence-electron chi connectivity index (χ0n) is 45.2. The summed E-state index contributed by atoms with van der Waals surface area (Å²) in [4.78, 5) is 11.0. The zero-order valence-corrected chi connectivity index (χ0v) is 37.2. The van der Waals surface area contributed by atoms with E-state index in [9.17, 15) is 5.48 Å². The van der Waals surface area contributed by atoms with Crippen LogP contribution < -0.4 is 0 Å². The van der Waals surface area contributed by atoms with Crippen molar-refractivity contribution in [2.45, 2.75) is 0 Å². The molecule has 0 N–H and O–H groups in total. The van der Waals surface area contributed by atoms with Gasteiger partial charge in [0.2, 0.25) is 5.95 Å². The molecule has 0 saturated carbocycles. The number of rotatable bonds is 6. The second kappa shape index (κ2) is 15.0. The maximum atomic E-state index is 9.56. The Morgan fingerprint density at radius 3 is 1.23 bits per heavy atom. The maximum absolute atomic E-state index is 9.56. The largest absolute Gasteiger partial charge is 0.309 e. The van der Waals surface area contributed by atoms with Crippen molar-refractivity contribution in [3.63, 3.8) is 0 Å². The first kappa shape index (κ1) is 31.5. The standard InChI is InChI=1S/C64H40N6/c1-10-30-52-41(20-1)42-21-2-11-31-53(42)67(52)56-34-14-9-28-49(56)50-29-19-39-61(68-54-32-12-3-22-43(54)44-23-4-13-33-55(44)68)63(50)51-40-62(69-57-35-15-5-24-45(57)46-25-6-16-36-58(46)69)66-64(65-51)70-59-37-17-7-26-47(59)48-27-8-18-38-60(48)70/h1-40H/i5D,7D,15D,17D,24D,26D,35D,37D. The fraction of sp³-hybridized carbons (Fsp3) is 0. The van der Waals surface area contributed by atoms with Gasteiger partial charge < -0.3 is 9.13 Å². The Bertz CT molecular complexity index is 4840. The summed E-state index contributed by atoms with van der Waals surface area (Å²) in [7, 11) is 0. The van der Waals surface area contributed by atoms with Gasteiger partial charge in [0, 0.05) is 60.3 Å². The van der Waals surface area contributed by atoms with Gasteiger partial charge in [0.1, 0.15) is 5.82 Å². The molecule has 0 atom stereocenters. The second-order valence-corrected chi connectivity index (χ2v) is 17.5. The molecule has 0 bridgehead atoms. The quantitative estimate of drug-likeness (QED) is 0.167. The van der Waals surface area contributed by atoms with Crippen molar-refractivity contribution in [1.29, 1.82) is 0 Å². The molecule has 0 unspecified atom stereocenters. The molecule has 15 rings (SSSR count). The minimum Gasteiger partial charge on any atom is -0.309 e. The molecule has 5 heterocycles. The van der Waals surface area contributed by atoms with Crippen LogP contribution in [0, 0.1) is 0 Å². The molecule has 70 heavy (non-hydrogen) atoms. The number of fused-ring (bicyclic) bond motifs is 12. The van der Waals surface area contributed by atoms with Crippen molar-refractivity contribution >= 4 is 87.2 Å². The first-order chi connectivity index (χ1) is 38.1. The van der Waals surface area contributed by atoms with E-state index in [4.69, 9.17) is 15.5 Å². The van der Waals surface area contributed by atoms with Gasteiger partial charge in [-0.1, -0.05) is 176 Å². The van der Waals surface area contributed by atoms with Gasteiger partial charge in [-0.05, 0) is 66.2 Å². The van der Waals surface area contributed by atoms with E-state index in [0.29, 0.717) is 43.8 Å². The fourth-order valence-corrected chi connectivity index (χ4v) is 11.0. The van der Waals surface area contributed by atoms with Gasteiger partial charge in [-0.15, -0.1) is 0 Å². The lowest BCUT2D eigenvalue weighted by atomic mass is 9.94. The van der Waals surface area contributed by atoms with E-state index in [-0.39, 0.29) is 59.1 Å². The third-order valence-electron chi connectivity index (χ3n) is 13.9. The molecule has 0 spiro atoms. The molecule has 10 aromatic carbocycles. The molecular weight excluding hydrogens is 853 g/mol. The Labute approximate surface area is 413 Å². The van der Waals surface area contributed by atoms with Crippen molar-refractivity contribution in [1.82, 2.24) is 28.2 Å². The second-order valence-electron chi connectivity index (χ2n) is 17.5. The van der Waals surface area contributed by atoms with Crippen LogP contribution in [0.25, 0.3) is 133 Å². The summed E-state index contributed by atoms with van der Waals surface area (Å²) in [6, 6.07) is 62.4. The molecule has 0 radical (unpaired) electrons. The number of hydrogen-bond acceptors (Lipinski definition) is 2. The molecule has 5 aromatic heterocycles. The van der Waals surface area contributed by atoms with Gasteiger partial charge in [-0.25, -0.2) is 4.98 Å². The Morgan fingerprint density at radius 2 is 0.686 bits per heavy atom. The van der Waals surface area contributed by atoms with Gasteiger partial charge in [0.25, 0.3) is 0 Å². The molecule has 6 heteroatoms. The molecular formula is C64H40N6. The van der Waals surface area contributed by atoms with Crippen molar-refractivity contribution in [2.24, 2.45) is 0 Å². The van der Waals surface area contributed by atoms with E-state index in [1.807, 2.05) is 91.0 Å². The maximum Gasteiger partial charge on any atom is 0.237 e. The molecule has 0 aliphatic heterocycles. The highest BCUT2D eigenvalue weighted by Crippen LogP contribution is 2.45. The van der Waals surface area contributed by atoms with Crippen LogP contribution in [0.1, 0.15) is 11.0 Å². The van der Waals surface area contributed by atoms with Gasteiger partial charge in [0.15, 0.2) is 0 Å². The third-order valence-corrected chi connectivity index (χ3v) is 13.9. The molecule has 0 aliphatic rings. The summed E-state index contributed by atoms with van der Waals surface area (Å²) in [5.41, 5.74) is 10.0. The molecule has 6 nitrogen and oxygen atoms in total. The average molecular weight is 901 g/mol. The minimum atomic E-state index is -0.410. The first-order valence-electron chi connectivity index (χ1n) is 27.2. The predicted octanol–water partition coefficient (Wildman–Crippen LogP) is 16.2. The monoisotopic (exact) mass is 900 g/mol. The van der Waals surface area contributed by atoms with Crippen LogP contribution in [0.3, 0.4) is 0 Å². The van der Waals surface area contributed by atoms with E-state index < -0.39 is 12.1 Å². The van der Waals surface area contributed by atoms with E-state index in [2.05, 4.69) is 112 Å². The average Bonchev–Trinajstić information content (AvgIpc) is 4.40. The Kier molecular flexibility index (Phi) is 6.74. The Morgan fingerprint density at radius 1 is 0.300 bits per heavy atom.